The maximum Gasteiger partial charge on any atom is 0.262 e. The molecule has 1 aromatic heterocycles. The smallest absolute Gasteiger partial charge is 0.262 e. The Morgan fingerprint density at radius 2 is 1.69 bits per heavy atom. The van der Waals surface area contributed by atoms with Crippen LogP contribution < -0.4 is 24.3 Å². The molecule has 35 heavy (non-hydrogen) atoms. The fourth-order valence-corrected chi connectivity index (χ4v) is 4.13. The number of halogens is 1. The van der Waals surface area contributed by atoms with Gasteiger partial charge < -0.3 is 28.7 Å². The number of oxazole rings is 1. The first-order chi connectivity index (χ1) is 16.8. The molecule has 0 aliphatic rings. The summed E-state index contributed by atoms with van der Waals surface area (Å²) < 4.78 is 27.8. The van der Waals surface area contributed by atoms with Crippen LogP contribution in [0.1, 0.15) is 11.1 Å². The first-order valence-electron chi connectivity index (χ1n) is 10.7. The standard InChI is InChI=1S/C26H25ClN2O6/c1-14-8-15(2)24(18(27)9-14)34-13-23(30)28-17-6-7-20-19(12-17)29-26(35-20)16-10-21(31-3)25(33-5)22(11-16)32-4/h6-12H,13H2,1-5H3,(H,28,30). The maximum absolute atomic E-state index is 12.5. The van der Waals surface area contributed by atoms with Crippen molar-refractivity contribution in [2.45, 2.75) is 13.8 Å². The number of anilines is 1. The zero-order valence-corrected chi connectivity index (χ0v) is 20.8. The summed E-state index contributed by atoms with van der Waals surface area (Å²) in [5.74, 6) is 1.99. The zero-order valence-electron chi connectivity index (χ0n) is 20.0. The van der Waals surface area contributed by atoms with Gasteiger partial charge in [0.1, 0.15) is 11.3 Å². The van der Waals surface area contributed by atoms with Gasteiger partial charge in [0.15, 0.2) is 23.7 Å². The van der Waals surface area contributed by atoms with Gasteiger partial charge in [0, 0.05) is 11.3 Å². The lowest BCUT2D eigenvalue weighted by Crippen LogP contribution is -2.20. The predicted molar refractivity (Wildman–Crippen MR) is 134 cm³/mol. The van der Waals surface area contributed by atoms with Gasteiger partial charge in [0.2, 0.25) is 11.6 Å². The van der Waals surface area contributed by atoms with Gasteiger partial charge in [-0.15, -0.1) is 0 Å². The number of benzene rings is 3. The van der Waals surface area contributed by atoms with E-state index in [9.17, 15) is 4.79 Å². The molecule has 0 aliphatic heterocycles. The molecule has 4 rings (SSSR count). The highest BCUT2D eigenvalue weighted by Gasteiger charge is 2.18. The van der Waals surface area contributed by atoms with Crippen LogP contribution >= 0.6 is 11.6 Å². The fourth-order valence-electron chi connectivity index (χ4n) is 3.75. The molecule has 1 N–H and O–H groups in total. The summed E-state index contributed by atoms with van der Waals surface area (Å²) in [5.41, 5.74) is 4.24. The van der Waals surface area contributed by atoms with Crippen molar-refractivity contribution in [2.24, 2.45) is 0 Å². The Morgan fingerprint density at radius 3 is 2.31 bits per heavy atom. The number of carbonyl (C=O) groups is 1. The van der Waals surface area contributed by atoms with Gasteiger partial charge in [-0.05, 0) is 61.4 Å². The average molecular weight is 497 g/mol. The lowest BCUT2D eigenvalue weighted by molar-refractivity contribution is -0.118. The average Bonchev–Trinajstić information content (AvgIpc) is 3.25. The van der Waals surface area contributed by atoms with Crippen LogP contribution in [0, 0.1) is 13.8 Å². The topological polar surface area (TPSA) is 92.1 Å². The molecule has 0 aliphatic carbocycles. The molecular weight excluding hydrogens is 472 g/mol. The first-order valence-corrected chi connectivity index (χ1v) is 11.1. The number of rotatable bonds is 8. The number of hydrogen-bond acceptors (Lipinski definition) is 7. The van der Waals surface area contributed by atoms with E-state index in [0.29, 0.717) is 56.3 Å². The molecule has 0 radical (unpaired) electrons. The van der Waals surface area contributed by atoms with E-state index >= 15 is 0 Å². The van der Waals surface area contributed by atoms with Gasteiger partial charge in [0.25, 0.3) is 5.91 Å². The Bertz CT molecular complexity index is 1350. The van der Waals surface area contributed by atoms with E-state index in [2.05, 4.69) is 10.3 Å². The molecule has 0 spiro atoms. The second-order valence-corrected chi connectivity index (χ2v) is 8.25. The van der Waals surface area contributed by atoms with E-state index in [-0.39, 0.29) is 12.5 Å². The second kappa shape index (κ2) is 10.1. The van der Waals surface area contributed by atoms with E-state index in [4.69, 9.17) is 35.0 Å². The SMILES string of the molecule is COc1cc(-c2nc3cc(NC(=O)COc4c(C)cc(C)cc4Cl)ccc3o2)cc(OC)c1OC. The molecule has 0 unspecified atom stereocenters. The van der Waals surface area contributed by atoms with E-state index in [0.717, 1.165) is 11.1 Å². The molecule has 1 amide bonds. The first kappa shape index (κ1) is 24.2. The zero-order chi connectivity index (χ0) is 25.1. The van der Waals surface area contributed by atoms with Gasteiger partial charge >= 0.3 is 0 Å². The third kappa shape index (κ3) is 5.12. The number of nitrogens with one attached hydrogen (secondary N) is 1. The van der Waals surface area contributed by atoms with Crippen molar-refractivity contribution >= 4 is 34.3 Å². The minimum Gasteiger partial charge on any atom is -0.493 e. The van der Waals surface area contributed by atoms with Crippen molar-refractivity contribution in [3.63, 3.8) is 0 Å². The van der Waals surface area contributed by atoms with Crippen LogP contribution in [0.2, 0.25) is 5.02 Å². The minimum atomic E-state index is -0.325. The van der Waals surface area contributed by atoms with E-state index in [1.165, 1.54) is 7.11 Å². The Labute approximate surface area is 207 Å². The van der Waals surface area contributed by atoms with Gasteiger partial charge in [-0.1, -0.05) is 17.7 Å². The number of aromatic nitrogens is 1. The summed E-state index contributed by atoms with van der Waals surface area (Å²) in [6, 6.07) is 12.4. The van der Waals surface area contributed by atoms with Crippen molar-refractivity contribution in [3.8, 4) is 34.5 Å². The predicted octanol–water partition coefficient (Wildman–Crippen LogP) is 5.81. The van der Waals surface area contributed by atoms with Crippen LogP contribution in [0.5, 0.6) is 23.0 Å². The highest BCUT2D eigenvalue weighted by Crippen LogP contribution is 2.41. The monoisotopic (exact) mass is 496 g/mol. The van der Waals surface area contributed by atoms with Crippen LogP contribution in [0.15, 0.2) is 46.9 Å². The van der Waals surface area contributed by atoms with Crippen molar-refractivity contribution < 1.29 is 28.2 Å². The quantitative estimate of drug-likeness (QED) is 0.329. The number of methoxy groups -OCH3 is 3. The lowest BCUT2D eigenvalue weighted by atomic mass is 10.1. The normalized spacial score (nSPS) is 10.8. The molecule has 0 saturated carbocycles. The van der Waals surface area contributed by atoms with Crippen LogP contribution in [0.4, 0.5) is 5.69 Å². The number of nitrogens with zero attached hydrogens (tertiary/aromatic N) is 1. The highest BCUT2D eigenvalue weighted by molar-refractivity contribution is 6.32. The third-order valence-electron chi connectivity index (χ3n) is 5.30. The molecule has 9 heteroatoms. The molecule has 0 bridgehead atoms. The maximum atomic E-state index is 12.5. The van der Waals surface area contributed by atoms with Crippen molar-refractivity contribution in [3.05, 3.63) is 58.6 Å². The Balaban J connectivity index is 1.52. The van der Waals surface area contributed by atoms with Gasteiger partial charge in [-0.2, -0.15) is 0 Å². The van der Waals surface area contributed by atoms with Crippen LogP contribution in [-0.2, 0) is 4.79 Å². The second-order valence-electron chi connectivity index (χ2n) is 7.85. The molecule has 4 aromatic rings. The molecule has 3 aromatic carbocycles. The van der Waals surface area contributed by atoms with Crippen LogP contribution in [0.25, 0.3) is 22.6 Å². The largest absolute Gasteiger partial charge is 0.493 e. The Kier molecular flexibility index (Phi) is 7.02. The number of aryl methyl sites for hydroxylation is 2. The molecule has 182 valence electrons. The van der Waals surface area contributed by atoms with Crippen molar-refractivity contribution in [2.75, 3.05) is 33.3 Å². The summed E-state index contributed by atoms with van der Waals surface area (Å²) in [6.45, 7) is 3.65. The van der Waals surface area contributed by atoms with Gasteiger partial charge in [-0.25, -0.2) is 4.98 Å². The van der Waals surface area contributed by atoms with E-state index < -0.39 is 0 Å². The number of carbonyl (C=O) groups excluding carboxylic acids is 1. The summed E-state index contributed by atoms with van der Waals surface area (Å²) in [4.78, 5) is 17.0. The van der Waals surface area contributed by atoms with Crippen LogP contribution in [0.3, 0.4) is 0 Å². The Morgan fingerprint density at radius 1 is 0.971 bits per heavy atom. The van der Waals surface area contributed by atoms with E-state index in [1.807, 2.05) is 19.9 Å². The molecule has 8 nitrogen and oxygen atoms in total. The minimum absolute atomic E-state index is 0.183. The number of ether oxygens (including phenoxy) is 4. The highest BCUT2D eigenvalue weighted by atomic mass is 35.5. The summed E-state index contributed by atoms with van der Waals surface area (Å²) in [5, 5.41) is 3.28. The van der Waals surface area contributed by atoms with Gasteiger partial charge in [0.05, 0.1) is 26.4 Å². The Hall–Kier alpha value is -3.91. The summed E-state index contributed by atoms with van der Waals surface area (Å²) >= 11 is 6.25. The molecule has 0 fully saturated rings. The molecule has 0 saturated heterocycles. The molecular formula is C26H25ClN2O6. The number of fused-ring (bicyclic) bond motifs is 1. The van der Waals surface area contributed by atoms with E-state index in [1.54, 1.807) is 50.6 Å². The molecule has 1 heterocycles. The number of hydrogen-bond donors (Lipinski definition) is 1. The van der Waals surface area contributed by atoms with Crippen molar-refractivity contribution in [1.82, 2.24) is 4.98 Å². The number of amides is 1. The molecule has 0 atom stereocenters. The fraction of sp³-hybridized carbons (Fsp3) is 0.231. The third-order valence-corrected chi connectivity index (χ3v) is 5.58. The van der Waals surface area contributed by atoms with Crippen LogP contribution in [-0.4, -0.2) is 38.8 Å². The van der Waals surface area contributed by atoms with Gasteiger partial charge in [-0.3, -0.25) is 4.79 Å². The van der Waals surface area contributed by atoms with Crippen molar-refractivity contribution in [1.29, 1.82) is 0 Å². The summed E-state index contributed by atoms with van der Waals surface area (Å²) in [6.07, 6.45) is 0. The summed E-state index contributed by atoms with van der Waals surface area (Å²) in [7, 11) is 4.62. The lowest BCUT2D eigenvalue weighted by Gasteiger charge is -2.12.